The van der Waals surface area contributed by atoms with Gasteiger partial charge in [-0.15, -0.1) is 0 Å². The molecule has 1 aromatic rings. The van der Waals surface area contributed by atoms with E-state index < -0.39 is 0 Å². The van der Waals surface area contributed by atoms with Gasteiger partial charge in [0, 0.05) is 31.9 Å². The molecule has 0 aliphatic heterocycles. The summed E-state index contributed by atoms with van der Waals surface area (Å²) in [6.07, 6.45) is 9.16. The van der Waals surface area contributed by atoms with Gasteiger partial charge < -0.3 is 14.8 Å². The van der Waals surface area contributed by atoms with Crippen molar-refractivity contribution >= 4 is 0 Å². The molecular weight excluding hydrogens is 236 g/mol. The fourth-order valence-electron chi connectivity index (χ4n) is 3.34. The largest absolute Gasteiger partial charge is 0.337 e. The van der Waals surface area contributed by atoms with Crippen molar-refractivity contribution in [1.82, 2.24) is 19.8 Å². The van der Waals surface area contributed by atoms with Crippen molar-refractivity contribution in [2.75, 3.05) is 20.6 Å². The Morgan fingerprint density at radius 1 is 1.53 bits per heavy atom. The average molecular weight is 264 g/mol. The van der Waals surface area contributed by atoms with Crippen LogP contribution in [0.3, 0.4) is 0 Å². The lowest BCUT2D eigenvalue weighted by molar-refractivity contribution is 0.0748. The third kappa shape index (κ3) is 3.37. The zero-order valence-corrected chi connectivity index (χ0v) is 12.8. The summed E-state index contributed by atoms with van der Waals surface area (Å²) in [5.74, 6) is 0.842. The molecule has 2 atom stereocenters. The number of aromatic nitrogens is 2. The third-order valence-electron chi connectivity index (χ3n) is 4.69. The Kier molecular flexibility index (Phi) is 4.63. The maximum Gasteiger partial charge on any atom is 0.0945 e. The summed E-state index contributed by atoms with van der Waals surface area (Å²) in [6.45, 7) is 4.36. The summed E-state index contributed by atoms with van der Waals surface area (Å²) in [7, 11) is 6.50. The van der Waals surface area contributed by atoms with E-state index in [-0.39, 0.29) is 0 Å². The van der Waals surface area contributed by atoms with E-state index in [1.54, 1.807) is 0 Å². The van der Waals surface area contributed by atoms with Crippen molar-refractivity contribution in [3.8, 4) is 0 Å². The highest BCUT2D eigenvalue weighted by Gasteiger charge is 2.36. The highest BCUT2D eigenvalue weighted by atomic mass is 15.2. The fraction of sp³-hybridized carbons (Fsp3) is 0.800. The van der Waals surface area contributed by atoms with Crippen LogP contribution in [0.2, 0.25) is 0 Å². The lowest BCUT2D eigenvalue weighted by atomic mass is 9.75. The number of hydrogen-bond donors (Lipinski definition) is 1. The molecule has 1 N–H and O–H groups in total. The molecule has 2 unspecified atom stereocenters. The van der Waals surface area contributed by atoms with Crippen molar-refractivity contribution in [3.63, 3.8) is 0 Å². The van der Waals surface area contributed by atoms with Crippen molar-refractivity contribution in [2.24, 2.45) is 13.0 Å². The molecule has 0 aromatic carbocycles. The first-order valence-electron chi connectivity index (χ1n) is 7.37. The number of nitrogens with zero attached hydrogens (tertiary/aromatic N) is 3. The van der Waals surface area contributed by atoms with Crippen LogP contribution in [0.5, 0.6) is 0 Å². The number of nitrogens with one attached hydrogen (secondary N) is 1. The highest BCUT2D eigenvalue weighted by molar-refractivity contribution is 4.99. The first kappa shape index (κ1) is 14.5. The molecule has 0 spiro atoms. The molecule has 1 aromatic heterocycles. The van der Waals surface area contributed by atoms with Gasteiger partial charge in [0.2, 0.25) is 0 Å². The predicted molar refractivity (Wildman–Crippen MR) is 79.0 cm³/mol. The average Bonchev–Trinajstić information content (AvgIpc) is 2.75. The Morgan fingerprint density at radius 3 is 2.89 bits per heavy atom. The SMILES string of the molecule is CC1CCCC(CNCc2cncn2C)(N(C)C)C1. The van der Waals surface area contributed by atoms with Crippen LogP contribution >= 0.6 is 0 Å². The molecule has 0 amide bonds. The second-order valence-corrected chi connectivity index (χ2v) is 6.42. The molecule has 1 fully saturated rings. The summed E-state index contributed by atoms with van der Waals surface area (Å²) in [5.41, 5.74) is 1.58. The van der Waals surface area contributed by atoms with Crippen molar-refractivity contribution < 1.29 is 0 Å². The van der Waals surface area contributed by atoms with Crippen LogP contribution in [0.25, 0.3) is 0 Å². The van der Waals surface area contributed by atoms with E-state index in [0.29, 0.717) is 5.54 Å². The van der Waals surface area contributed by atoms with Crippen molar-refractivity contribution in [2.45, 2.75) is 44.7 Å². The van der Waals surface area contributed by atoms with E-state index in [2.05, 4.69) is 47.8 Å². The van der Waals surface area contributed by atoms with E-state index in [1.807, 2.05) is 12.5 Å². The molecule has 1 saturated carbocycles. The van der Waals surface area contributed by atoms with Crippen LogP contribution in [0, 0.1) is 5.92 Å². The van der Waals surface area contributed by atoms with Crippen LogP contribution in [0.15, 0.2) is 12.5 Å². The van der Waals surface area contributed by atoms with Gasteiger partial charge in [-0.2, -0.15) is 0 Å². The molecule has 0 bridgehead atoms. The van der Waals surface area contributed by atoms with Gasteiger partial charge in [-0.25, -0.2) is 4.98 Å². The molecule has 0 radical (unpaired) electrons. The first-order valence-corrected chi connectivity index (χ1v) is 7.37. The summed E-state index contributed by atoms with van der Waals surface area (Å²) in [4.78, 5) is 6.59. The Bertz CT molecular complexity index is 399. The molecule has 4 heteroatoms. The van der Waals surface area contributed by atoms with Crippen LogP contribution in [-0.2, 0) is 13.6 Å². The molecule has 0 saturated heterocycles. The van der Waals surface area contributed by atoms with Gasteiger partial charge in [0.15, 0.2) is 0 Å². The van der Waals surface area contributed by atoms with E-state index >= 15 is 0 Å². The second kappa shape index (κ2) is 6.06. The van der Waals surface area contributed by atoms with Crippen molar-refractivity contribution in [3.05, 3.63) is 18.2 Å². The zero-order valence-electron chi connectivity index (χ0n) is 12.8. The third-order valence-corrected chi connectivity index (χ3v) is 4.69. The molecule has 1 aliphatic carbocycles. The normalized spacial score (nSPS) is 27.9. The van der Waals surface area contributed by atoms with Gasteiger partial charge in [0.05, 0.1) is 12.0 Å². The van der Waals surface area contributed by atoms with E-state index in [9.17, 15) is 0 Å². The van der Waals surface area contributed by atoms with E-state index in [4.69, 9.17) is 0 Å². The monoisotopic (exact) mass is 264 g/mol. The Labute approximate surface area is 117 Å². The van der Waals surface area contributed by atoms with Gasteiger partial charge in [-0.3, -0.25) is 0 Å². The van der Waals surface area contributed by atoms with Gasteiger partial charge in [-0.1, -0.05) is 19.8 Å². The second-order valence-electron chi connectivity index (χ2n) is 6.42. The minimum Gasteiger partial charge on any atom is -0.337 e. The summed E-state index contributed by atoms with van der Waals surface area (Å²) in [6, 6.07) is 0. The molecule has 2 rings (SSSR count). The molecule has 4 nitrogen and oxygen atoms in total. The number of rotatable bonds is 5. The van der Waals surface area contributed by atoms with Gasteiger partial charge >= 0.3 is 0 Å². The lowest BCUT2D eigenvalue weighted by Gasteiger charge is -2.45. The van der Waals surface area contributed by atoms with Crippen LogP contribution in [0.4, 0.5) is 0 Å². The summed E-state index contributed by atoms with van der Waals surface area (Å²) in [5, 5.41) is 3.64. The summed E-state index contributed by atoms with van der Waals surface area (Å²) >= 11 is 0. The van der Waals surface area contributed by atoms with E-state index in [0.717, 1.165) is 19.0 Å². The van der Waals surface area contributed by atoms with Gasteiger partial charge in [0.1, 0.15) is 0 Å². The minimum atomic E-state index is 0.330. The molecule has 108 valence electrons. The maximum atomic E-state index is 4.16. The van der Waals surface area contributed by atoms with Crippen LogP contribution in [0.1, 0.15) is 38.3 Å². The number of aryl methyl sites for hydroxylation is 1. The van der Waals surface area contributed by atoms with Crippen molar-refractivity contribution in [1.29, 1.82) is 0 Å². The number of hydrogen-bond acceptors (Lipinski definition) is 3. The highest BCUT2D eigenvalue weighted by Crippen LogP contribution is 2.35. The quantitative estimate of drug-likeness (QED) is 0.883. The topological polar surface area (TPSA) is 33.1 Å². The summed E-state index contributed by atoms with van der Waals surface area (Å²) < 4.78 is 2.08. The maximum absolute atomic E-state index is 4.16. The Morgan fingerprint density at radius 2 is 2.32 bits per heavy atom. The fourth-order valence-corrected chi connectivity index (χ4v) is 3.34. The Hall–Kier alpha value is -0.870. The van der Waals surface area contributed by atoms with Crippen LogP contribution in [-0.4, -0.2) is 40.6 Å². The van der Waals surface area contributed by atoms with Gasteiger partial charge in [0.25, 0.3) is 0 Å². The van der Waals surface area contributed by atoms with Crippen LogP contribution < -0.4 is 5.32 Å². The zero-order chi connectivity index (χ0) is 13.9. The molecule has 1 aliphatic rings. The Balaban J connectivity index is 1.92. The van der Waals surface area contributed by atoms with Gasteiger partial charge in [-0.05, 0) is 32.9 Å². The smallest absolute Gasteiger partial charge is 0.0945 e. The first-order chi connectivity index (χ1) is 9.03. The molecule has 19 heavy (non-hydrogen) atoms. The standard InChI is InChI=1S/C15H28N4/c1-13-6-5-7-15(8-13,18(2)3)11-16-9-14-10-17-12-19(14)4/h10,12-13,16H,5-9,11H2,1-4H3. The number of likely N-dealkylation sites (N-methyl/N-ethyl adjacent to an activating group) is 1. The lowest BCUT2D eigenvalue weighted by Crippen LogP contribution is -2.54. The molecular formula is C15H28N4. The molecule has 1 heterocycles. The number of imidazole rings is 1. The van der Waals surface area contributed by atoms with E-state index in [1.165, 1.54) is 31.4 Å². The predicted octanol–water partition coefficient (Wildman–Crippen LogP) is 2.02. The minimum absolute atomic E-state index is 0.330.